The maximum atomic E-state index is 11.8. The van der Waals surface area contributed by atoms with Gasteiger partial charge in [-0.25, -0.2) is 0 Å². The van der Waals surface area contributed by atoms with E-state index in [9.17, 15) is 4.79 Å². The van der Waals surface area contributed by atoms with Crippen molar-refractivity contribution in [1.82, 2.24) is 5.32 Å². The molecule has 0 aliphatic rings. The molecule has 0 spiro atoms. The summed E-state index contributed by atoms with van der Waals surface area (Å²) in [5.41, 5.74) is 1.19. The first-order chi connectivity index (χ1) is 8.15. The standard InChI is InChI=1S/C15H23NO/c1-4-5-11-14(17)16-15(12(2)3)13-9-7-6-8-10-13/h6-10,12,15H,4-5,11H2,1-3H3,(H,16,17). The van der Waals surface area contributed by atoms with Crippen LogP contribution in [0.3, 0.4) is 0 Å². The summed E-state index contributed by atoms with van der Waals surface area (Å²) < 4.78 is 0. The van der Waals surface area contributed by atoms with Gasteiger partial charge in [0.25, 0.3) is 0 Å². The zero-order valence-electron chi connectivity index (χ0n) is 11.1. The van der Waals surface area contributed by atoms with Crippen LogP contribution < -0.4 is 5.32 Å². The summed E-state index contributed by atoms with van der Waals surface area (Å²) in [5, 5.41) is 3.13. The van der Waals surface area contributed by atoms with Crippen LogP contribution in [0.2, 0.25) is 0 Å². The molecule has 0 saturated heterocycles. The summed E-state index contributed by atoms with van der Waals surface area (Å²) in [7, 11) is 0. The fourth-order valence-corrected chi connectivity index (χ4v) is 1.88. The summed E-state index contributed by atoms with van der Waals surface area (Å²) in [5.74, 6) is 0.567. The lowest BCUT2D eigenvalue weighted by Crippen LogP contribution is -2.31. The summed E-state index contributed by atoms with van der Waals surface area (Å²) in [4.78, 5) is 11.8. The smallest absolute Gasteiger partial charge is 0.220 e. The van der Waals surface area contributed by atoms with Crippen LogP contribution in [0.25, 0.3) is 0 Å². The third kappa shape index (κ3) is 4.59. The molecule has 1 aromatic rings. The minimum atomic E-state index is 0.126. The van der Waals surface area contributed by atoms with Crippen molar-refractivity contribution in [3.05, 3.63) is 35.9 Å². The highest BCUT2D eigenvalue weighted by Crippen LogP contribution is 2.21. The van der Waals surface area contributed by atoms with Gasteiger partial charge in [0, 0.05) is 6.42 Å². The van der Waals surface area contributed by atoms with Crippen molar-refractivity contribution >= 4 is 5.91 Å². The van der Waals surface area contributed by atoms with Gasteiger partial charge >= 0.3 is 0 Å². The van der Waals surface area contributed by atoms with Gasteiger partial charge in [-0.1, -0.05) is 57.5 Å². The van der Waals surface area contributed by atoms with E-state index in [0.717, 1.165) is 12.8 Å². The quantitative estimate of drug-likeness (QED) is 0.797. The SMILES string of the molecule is CCCCC(=O)NC(c1ccccc1)C(C)C. The van der Waals surface area contributed by atoms with Crippen molar-refractivity contribution in [1.29, 1.82) is 0 Å². The number of unbranched alkanes of at least 4 members (excludes halogenated alkanes) is 1. The molecule has 0 radical (unpaired) electrons. The molecule has 1 amide bonds. The first kappa shape index (κ1) is 13.8. The van der Waals surface area contributed by atoms with E-state index in [-0.39, 0.29) is 11.9 Å². The number of carbonyl (C=O) groups excluding carboxylic acids is 1. The summed E-state index contributed by atoms with van der Waals surface area (Å²) in [6.07, 6.45) is 2.66. The lowest BCUT2D eigenvalue weighted by molar-refractivity contribution is -0.122. The van der Waals surface area contributed by atoms with Gasteiger partial charge in [-0.3, -0.25) is 4.79 Å². The Kier molecular flexibility index (Phi) is 5.75. The number of rotatable bonds is 6. The van der Waals surface area contributed by atoms with Crippen LogP contribution in [0.5, 0.6) is 0 Å². The summed E-state index contributed by atoms with van der Waals surface area (Å²) in [6, 6.07) is 10.3. The zero-order valence-corrected chi connectivity index (χ0v) is 11.1. The fraction of sp³-hybridized carbons (Fsp3) is 0.533. The van der Waals surface area contributed by atoms with E-state index in [0.29, 0.717) is 12.3 Å². The van der Waals surface area contributed by atoms with Gasteiger partial charge in [-0.15, -0.1) is 0 Å². The molecular formula is C15H23NO. The van der Waals surface area contributed by atoms with Crippen molar-refractivity contribution in [3.63, 3.8) is 0 Å². The molecule has 0 aliphatic heterocycles. The predicted octanol–water partition coefficient (Wildman–Crippen LogP) is 3.69. The van der Waals surface area contributed by atoms with Gasteiger partial charge in [-0.05, 0) is 17.9 Å². The van der Waals surface area contributed by atoms with Crippen molar-refractivity contribution in [2.24, 2.45) is 5.92 Å². The average Bonchev–Trinajstić information content (AvgIpc) is 2.34. The molecule has 2 nitrogen and oxygen atoms in total. The molecule has 1 unspecified atom stereocenters. The van der Waals surface area contributed by atoms with Crippen molar-refractivity contribution in [2.75, 3.05) is 0 Å². The third-order valence-electron chi connectivity index (χ3n) is 2.90. The summed E-state index contributed by atoms with van der Waals surface area (Å²) >= 11 is 0. The topological polar surface area (TPSA) is 29.1 Å². The van der Waals surface area contributed by atoms with E-state index in [1.54, 1.807) is 0 Å². The molecule has 0 saturated carbocycles. The van der Waals surface area contributed by atoms with E-state index in [1.165, 1.54) is 5.56 Å². The van der Waals surface area contributed by atoms with Crippen LogP contribution in [0.15, 0.2) is 30.3 Å². The highest BCUT2D eigenvalue weighted by atomic mass is 16.1. The molecule has 0 bridgehead atoms. The first-order valence-corrected chi connectivity index (χ1v) is 6.49. The summed E-state index contributed by atoms with van der Waals surface area (Å²) in [6.45, 7) is 6.37. The molecule has 0 fully saturated rings. The molecular weight excluding hydrogens is 210 g/mol. The fourth-order valence-electron chi connectivity index (χ4n) is 1.88. The van der Waals surface area contributed by atoms with Crippen LogP contribution in [-0.4, -0.2) is 5.91 Å². The van der Waals surface area contributed by atoms with E-state index < -0.39 is 0 Å². The maximum absolute atomic E-state index is 11.8. The van der Waals surface area contributed by atoms with Gasteiger partial charge in [0.15, 0.2) is 0 Å². The molecule has 1 rings (SSSR count). The van der Waals surface area contributed by atoms with E-state index >= 15 is 0 Å². The second-order valence-corrected chi connectivity index (χ2v) is 4.80. The van der Waals surface area contributed by atoms with Gasteiger partial charge in [-0.2, -0.15) is 0 Å². The van der Waals surface area contributed by atoms with Gasteiger partial charge in [0.2, 0.25) is 5.91 Å². The van der Waals surface area contributed by atoms with Crippen molar-refractivity contribution < 1.29 is 4.79 Å². The van der Waals surface area contributed by atoms with Crippen molar-refractivity contribution in [3.8, 4) is 0 Å². The van der Waals surface area contributed by atoms with Crippen LogP contribution >= 0.6 is 0 Å². The Morgan fingerprint density at radius 2 is 1.88 bits per heavy atom. The van der Waals surface area contributed by atoms with Crippen LogP contribution in [-0.2, 0) is 4.79 Å². The predicted molar refractivity (Wildman–Crippen MR) is 71.7 cm³/mol. The van der Waals surface area contributed by atoms with E-state index in [4.69, 9.17) is 0 Å². The largest absolute Gasteiger partial charge is 0.349 e. The number of nitrogens with one attached hydrogen (secondary N) is 1. The van der Waals surface area contributed by atoms with Crippen LogP contribution in [0.1, 0.15) is 51.6 Å². The molecule has 1 aromatic carbocycles. The highest BCUT2D eigenvalue weighted by molar-refractivity contribution is 5.76. The zero-order chi connectivity index (χ0) is 12.7. The second-order valence-electron chi connectivity index (χ2n) is 4.80. The lowest BCUT2D eigenvalue weighted by Gasteiger charge is -2.23. The van der Waals surface area contributed by atoms with Gasteiger partial charge in [0.05, 0.1) is 6.04 Å². The van der Waals surface area contributed by atoms with Crippen LogP contribution in [0.4, 0.5) is 0 Å². The normalized spacial score (nSPS) is 12.5. The first-order valence-electron chi connectivity index (χ1n) is 6.49. The number of hydrogen-bond acceptors (Lipinski definition) is 1. The Hall–Kier alpha value is -1.31. The molecule has 94 valence electrons. The Bertz CT molecular complexity index is 332. The Morgan fingerprint density at radius 1 is 1.24 bits per heavy atom. The molecule has 1 N–H and O–H groups in total. The average molecular weight is 233 g/mol. The minimum absolute atomic E-state index is 0.126. The maximum Gasteiger partial charge on any atom is 0.220 e. The number of carbonyl (C=O) groups is 1. The van der Waals surface area contributed by atoms with E-state index in [1.807, 2.05) is 18.2 Å². The van der Waals surface area contributed by atoms with Gasteiger partial charge in [0.1, 0.15) is 0 Å². The van der Waals surface area contributed by atoms with E-state index in [2.05, 4.69) is 38.2 Å². The van der Waals surface area contributed by atoms with Crippen LogP contribution in [0, 0.1) is 5.92 Å². The lowest BCUT2D eigenvalue weighted by atomic mass is 9.96. The minimum Gasteiger partial charge on any atom is -0.349 e. The monoisotopic (exact) mass is 233 g/mol. The molecule has 0 heterocycles. The number of benzene rings is 1. The molecule has 0 aliphatic carbocycles. The second kappa shape index (κ2) is 7.10. The molecule has 17 heavy (non-hydrogen) atoms. The molecule has 1 atom stereocenters. The Balaban J connectivity index is 2.65. The molecule has 0 aromatic heterocycles. The van der Waals surface area contributed by atoms with Gasteiger partial charge < -0.3 is 5.32 Å². The number of amides is 1. The Morgan fingerprint density at radius 3 is 2.41 bits per heavy atom. The Labute approximate surface area is 104 Å². The van der Waals surface area contributed by atoms with Crippen molar-refractivity contribution in [2.45, 2.75) is 46.1 Å². The third-order valence-corrected chi connectivity index (χ3v) is 2.90. The highest BCUT2D eigenvalue weighted by Gasteiger charge is 2.17. The number of hydrogen-bond donors (Lipinski definition) is 1. The molecule has 2 heteroatoms.